The van der Waals surface area contributed by atoms with Gasteiger partial charge < -0.3 is 5.32 Å². The second kappa shape index (κ2) is 4.81. The molecule has 1 aliphatic rings. The number of hydrogen-bond donors (Lipinski definition) is 2. The molecule has 0 saturated carbocycles. The molecule has 2 atom stereocenters. The lowest BCUT2D eigenvalue weighted by atomic mass is 10.1. The average molecular weight is 324 g/mol. The molecule has 3 N–H and O–H groups in total. The predicted octanol–water partition coefficient (Wildman–Crippen LogP) is 0.612. The van der Waals surface area contributed by atoms with Gasteiger partial charge in [0.1, 0.15) is 8.42 Å². The molecule has 6 nitrogen and oxygen atoms in total. The number of rotatable bonds is 3. The van der Waals surface area contributed by atoms with Crippen molar-refractivity contribution >= 4 is 31.2 Å². The van der Waals surface area contributed by atoms with Crippen molar-refractivity contribution in [2.75, 3.05) is 6.54 Å². The summed E-state index contributed by atoms with van der Waals surface area (Å²) in [5.74, 6) is 0. The highest BCUT2D eigenvalue weighted by molar-refractivity contribution is 7.95. The summed E-state index contributed by atoms with van der Waals surface area (Å²) in [6.45, 7) is 4.23. The van der Waals surface area contributed by atoms with E-state index in [0.29, 0.717) is 18.5 Å². The molecule has 1 aromatic rings. The van der Waals surface area contributed by atoms with E-state index >= 15 is 0 Å². The maximum absolute atomic E-state index is 12.2. The molecule has 1 aromatic heterocycles. The van der Waals surface area contributed by atoms with E-state index in [-0.39, 0.29) is 14.5 Å². The van der Waals surface area contributed by atoms with Crippen molar-refractivity contribution in [2.24, 2.45) is 5.14 Å². The molecule has 108 valence electrons. The quantitative estimate of drug-likeness (QED) is 0.847. The van der Waals surface area contributed by atoms with Crippen LogP contribution in [0.4, 0.5) is 0 Å². The third-order valence-corrected chi connectivity index (χ3v) is 8.48. The molecule has 2 rings (SSSR count). The number of nitrogens with two attached hydrogens (primary N) is 1. The number of fused-ring (bicyclic) bond motifs is 1. The fourth-order valence-electron chi connectivity index (χ4n) is 2.18. The minimum Gasteiger partial charge on any atom is -0.310 e. The molecule has 19 heavy (non-hydrogen) atoms. The van der Waals surface area contributed by atoms with Crippen LogP contribution in [0.1, 0.15) is 31.9 Å². The van der Waals surface area contributed by atoms with E-state index in [1.54, 1.807) is 6.92 Å². The van der Waals surface area contributed by atoms with Gasteiger partial charge in [-0.3, -0.25) is 0 Å². The van der Waals surface area contributed by atoms with Crippen molar-refractivity contribution < 1.29 is 16.8 Å². The van der Waals surface area contributed by atoms with Gasteiger partial charge in [-0.15, -0.1) is 11.3 Å². The Morgan fingerprint density at radius 1 is 1.53 bits per heavy atom. The van der Waals surface area contributed by atoms with Crippen LogP contribution in [-0.2, 0) is 19.9 Å². The maximum atomic E-state index is 12.2. The van der Waals surface area contributed by atoms with Crippen LogP contribution in [0.15, 0.2) is 14.5 Å². The largest absolute Gasteiger partial charge is 0.310 e. The summed E-state index contributed by atoms with van der Waals surface area (Å²) >= 11 is 0.742. The van der Waals surface area contributed by atoms with Crippen molar-refractivity contribution in [2.45, 2.75) is 40.0 Å². The Kier molecular flexibility index (Phi) is 3.78. The first-order valence-corrected chi connectivity index (χ1v) is 9.72. The third kappa shape index (κ3) is 2.57. The van der Waals surface area contributed by atoms with Gasteiger partial charge in [0, 0.05) is 11.6 Å². The smallest absolute Gasteiger partial charge is 0.247 e. The van der Waals surface area contributed by atoms with E-state index in [2.05, 4.69) is 5.32 Å². The Labute approximate surface area is 117 Å². The molecule has 0 aromatic carbocycles. The standard InChI is InChI=1S/C10H16N2O4S3/c1-3-12-8-4-6(2)18(13,14)10-7(8)5-9(17-10)19(11,15)16/h5-6,8,12H,3-4H2,1-2H3,(H2,11,15,16)/t6-,8+/m1/s1. The first-order chi connectivity index (χ1) is 8.67. The SMILES string of the molecule is CCN[C@H]1C[C@@H](C)S(=O)(=O)c2sc(S(N)(=O)=O)cc21. The molecule has 0 radical (unpaired) electrons. The fourth-order valence-corrected chi connectivity index (χ4v) is 6.60. The molecule has 0 saturated heterocycles. The van der Waals surface area contributed by atoms with Gasteiger partial charge in [0.2, 0.25) is 10.0 Å². The minimum absolute atomic E-state index is 0.0990. The van der Waals surface area contributed by atoms with Crippen LogP contribution in [0.25, 0.3) is 0 Å². The molecule has 0 amide bonds. The lowest BCUT2D eigenvalue weighted by Crippen LogP contribution is -2.33. The Morgan fingerprint density at radius 3 is 2.68 bits per heavy atom. The number of sulfone groups is 1. The summed E-state index contributed by atoms with van der Waals surface area (Å²) in [5, 5.41) is 7.73. The summed E-state index contributed by atoms with van der Waals surface area (Å²) < 4.78 is 47.3. The fraction of sp³-hybridized carbons (Fsp3) is 0.600. The number of sulfonamides is 1. The minimum atomic E-state index is -3.88. The van der Waals surface area contributed by atoms with Crippen LogP contribution in [0.5, 0.6) is 0 Å². The number of nitrogens with one attached hydrogen (secondary N) is 1. The lowest BCUT2D eigenvalue weighted by molar-refractivity contribution is 0.477. The van der Waals surface area contributed by atoms with Crippen LogP contribution in [0, 0.1) is 0 Å². The van der Waals surface area contributed by atoms with Gasteiger partial charge in [-0.2, -0.15) is 0 Å². The van der Waals surface area contributed by atoms with Crippen molar-refractivity contribution in [1.82, 2.24) is 5.32 Å². The second-order valence-corrected chi connectivity index (χ2v) is 9.96. The van der Waals surface area contributed by atoms with Gasteiger partial charge in [-0.1, -0.05) is 6.92 Å². The van der Waals surface area contributed by atoms with Gasteiger partial charge in [0.15, 0.2) is 9.84 Å². The van der Waals surface area contributed by atoms with E-state index in [1.165, 1.54) is 6.07 Å². The van der Waals surface area contributed by atoms with Gasteiger partial charge in [-0.25, -0.2) is 22.0 Å². The van der Waals surface area contributed by atoms with E-state index in [9.17, 15) is 16.8 Å². The number of primary sulfonamides is 1. The first kappa shape index (κ1) is 14.9. The molecule has 0 fully saturated rings. The van der Waals surface area contributed by atoms with Gasteiger partial charge in [0.25, 0.3) is 0 Å². The number of hydrogen-bond acceptors (Lipinski definition) is 6. The van der Waals surface area contributed by atoms with Crippen molar-refractivity contribution in [1.29, 1.82) is 0 Å². The molecular formula is C10H16N2O4S3. The zero-order valence-electron chi connectivity index (χ0n) is 10.6. The van der Waals surface area contributed by atoms with Crippen LogP contribution in [0.3, 0.4) is 0 Å². The summed E-state index contributed by atoms with van der Waals surface area (Å²) in [6.07, 6.45) is 0.434. The highest BCUT2D eigenvalue weighted by Crippen LogP contribution is 2.42. The Morgan fingerprint density at radius 2 is 2.16 bits per heavy atom. The maximum Gasteiger partial charge on any atom is 0.247 e. The molecule has 0 aliphatic carbocycles. The van der Waals surface area contributed by atoms with Crippen LogP contribution >= 0.6 is 11.3 Å². The third-order valence-electron chi connectivity index (χ3n) is 3.16. The van der Waals surface area contributed by atoms with E-state index in [0.717, 1.165) is 11.3 Å². The van der Waals surface area contributed by atoms with Crippen LogP contribution in [-0.4, -0.2) is 28.6 Å². The van der Waals surface area contributed by atoms with E-state index in [1.807, 2.05) is 6.92 Å². The zero-order chi connectivity index (χ0) is 14.4. The normalized spacial score (nSPS) is 26.1. The Balaban J connectivity index is 2.64. The summed E-state index contributed by atoms with van der Waals surface area (Å²) in [7, 11) is -7.33. The van der Waals surface area contributed by atoms with Crippen LogP contribution < -0.4 is 10.5 Å². The molecule has 0 spiro atoms. The molecular weight excluding hydrogens is 308 g/mol. The highest BCUT2D eigenvalue weighted by Gasteiger charge is 2.39. The molecule has 0 unspecified atom stereocenters. The highest BCUT2D eigenvalue weighted by atomic mass is 32.3. The molecule has 2 heterocycles. The molecule has 0 bridgehead atoms. The second-order valence-electron chi connectivity index (χ2n) is 4.55. The summed E-state index contributed by atoms with van der Waals surface area (Å²) in [6, 6.07) is 1.23. The lowest BCUT2D eigenvalue weighted by Gasteiger charge is -2.27. The Hall–Kier alpha value is -0.480. The summed E-state index contributed by atoms with van der Waals surface area (Å²) in [4.78, 5) is 0. The van der Waals surface area contributed by atoms with Gasteiger partial charge in [-0.05, 0) is 26.0 Å². The van der Waals surface area contributed by atoms with E-state index in [4.69, 9.17) is 5.14 Å². The van der Waals surface area contributed by atoms with E-state index < -0.39 is 25.1 Å². The van der Waals surface area contributed by atoms with Crippen molar-refractivity contribution in [3.8, 4) is 0 Å². The van der Waals surface area contributed by atoms with Crippen molar-refractivity contribution in [3.05, 3.63) is 11.6 Å². The van der Waals surface area contributed by atoms with Crippen molar-refractivity contribution in [3.63, 3.8) is 0 Å². The van der Waals surface area contributed by atoms with Gasteiger partial charge in [0.05, 0.1) is 5.25 Å². The Bertz CT molecular complexity index is 690. The summed E-state index contributed by atoms with van der Waals surface area (Å²) in [5.41, 5.74) is 0.522. The average Bonchev–Trinajstić information content (AvgIpc) is 2.72. The molecule has 1 aliphatic heterocycles. The van der Waals surface area contributed by atoms with Crippen LogP contribution in [0.2, 0.25) is 0 Å². The monoisotopic (exact) mass is 324 g/mol. The number of thiophene rings is 1. The predicted molar refractivity (Wildman–Crippen MR) is 73.4 cm³/mol. The first-order valence-electron chi connectivity index (χ1n) is 5.81. The molecule has 9 heteroatoms. The zero-order valence-corrected chi connectivity index (χ0v) is 13.0. The van der Waals surface area contributed by atoms with Gasteiger partial charge >= 0.3 is 0 Å². The topological polar surface area (TPSA) is 106 Å².